The van der Waals surface area contributed by atoms with Gasteiger partial charge in [0, 0.05) is 44.3 Å². The third-order valence-electron chi connectivity index (χ3n) is 8.93. The van der Waals surface area contributed by atoms with Crippen molar-refractivity contribution in [2.75, 3.05) is 0 Å². The van der Waals surface area contributed by atoms with Crippen LogP contribution in [-0.4, -0.2) is 14.5 Å². The monoisotopic (exact) mass is 899 g/mol. The molecule has 6 aromatic carbocycles. The number of pyridine rings is 1. The Kier molecular flexibility index (Phi) is 9.57. The molecule has 0 atom stereocenters. The number of rotatable bonds is 7. The van der Waals surface area contributed by atoms with E-state index in [1.165, 1.54) is 6.20 Å². The number of fused-ring (bicyclic) bond motifs is 2. The maximum Gasteiger partial charge on any atom is 0.0774 e. The summed E-state index contributed by atoms with van der Waals surface area (Å²) in [4.78, 5) is 9.35. The average Bonchev–Trinajstić information content (AvgIpc) is 3.85. The SMILES string of the molecule is [2H]C([2H])([2H])c1ccc(-c2[c-]cccc2)nc1.[2H]C([2H])(c1ccc2s[c-]c(-c3nc4ccccc4n3-c3c(-c4ccccc4)cccc3-c3ccccc3)c2c1)C(C)C.[Ir]. The van der Waals surface area contributed by atoms with Gasteiger partial charge in [-0.1, -0.05) is 150 Å². The van der Waals surface area contributed by atoms with Crippen molar-refractivity contribution in [3.63, 3.8) is 0 Å². The van der Waals surface area contributed by atoms with Crippen LogP contribution in [0.3, 0.4) is 0 Å². The van der Waals surface area contributed by atoms with E-state index in [9.17, 15) is 0 Å². The molecule has 0 bridgehead atoms. The normalized spacial score (nSPS) is 12.8. The van der Waals surface area contributed by atoms with Gasteiger partial charge in [0.2, 0.25) is 0 Å². The van der Waals surface area contributed by atoms with Gasteiger partial charge in [0.15, 0.2) is 0 Å². The van der Waals surface area contributed by atoms with E-state index in [4.69, 9.17) is 11.8 Å². The zero-order valence-corrected chi connectivity index (χ0v) is 33.0. The van der Waals surface area contributed by atoms with Crippen molar-refractivity contribution in [2.24, 2.45) is 5.92 Å². The van der Waals surface area contributed by atoms with Crippen LogP contribution in [0.15, 0.2) is 164 Å². The fourth-order valence-electron chi connectivity index (χ4n) is 6.58. The van der Waals surface area contributed by atoms with Gasteiger partial charge in [0.05, 0.1) is 22.5 Å². The summed E-state index contributed by atoms with van der Waals surface area (Å²) in [6.07, 6.45) is -0.0584. The summed E-state index contributed by atoms with van der Waals surface area (Å²) in [5.74, 6) is 0.641. The Morgan fingerprint density at radius 1 is 0.759 bits per heavy atom. The number of benzene rings is 6. The summed E-state index contributed by atoms with van der Waals surface area (Å²) in [5.41, 5.74) is 10.8. The summed E-state index contributed by atoms with van der Waals surface area (Å²) >= 11 is 1.55. The smallest absolute Gasteiger partial charge is 0.0774 e. The molecule has 54 heavy (non-hydrogen) atoms. The Morgan fingerprint density at radius 3 is 2.11 bits per heavy atom. The third kappa shape index (κ3) is 7.76. The van der Waals surface area contributed by atoms with E-state index in [-0.39, 0.29) is 31.6 Å². The zero-order valence-electron chi connectivity index (χ0n) is 34.7. The predicted molar refractivity (Wildman–Crippen MR) is 223 cm³/mol. The fourth-order valence-corrected chi connectivity index (χ4v) is 7.40. The van der Waals surface area contributed by atoms with Crippen molar-refractivity contribution in [2.45, 2.75) is 27.1 Å². The van der Waals surface area contributed by atoms with E-state index in [0.717, 1.165) is 71.7 Å². The van der Waals surface area contributed by atoms with Crippen LogP contribution in [0.2, 0.25) is 0 Å². The molecule has 0 amide bonds. The second-order valence-electron chi connectivity index (χ2n) is 13.0. The summed E-state index contributed by atoms with van der Waals surface area (Å²) in [5, 5.41) is 4.53. The van der Waals surface area contributed by atoms with Crippen LogP contribution in [-0.2, 0) is 26.5 Å². The van der Waals surface area contributed by atoms with Crippen LogP contribution in [0.5, 0.6) is 0 Å². The van der Waals surface area contributed by atoms with E-state index >= 15 is 0 Å². The minimum Gasteiger partial charge on any atom is -0.332 e. The first-order chi connectivity index (χ1) is 28.0. The minimum atomic E-state index is -2.09. The molecule has 0 spiro atoms. The molecule has 9 rings (SSSR count). The Balaban J connectivity index is 0.000000262. The molecule has 3 heterocycles. The van der Waals surface area contributed by atoms with Crippen molar-refractivity contribution in [3.8, 4) is 50.6 Å². The van der Waals surface area contributed by atoms with Gasteiger partial charge in [-0.15, -0.1) is 47.3 Å². The van der Waals surface area contributed by atoms with Gasteiger partial charge in [0.1, 0.15) is 0 Å². The van der Waals surface area contributed by atoms with E-state index < -0.39 is 13.2 Å². The molecule has 3 aromatic heterocycles. The number of thiophene rings is 1. The van der Waals surface area contributed by atoms with Crippen molar-refractivity contribution < 1.29 is 27.0 Å². The van der Waals surface area contributed by atoms with Crippen molar-refractivity contribution in [1.82, 2.24) is 14.5 Å². The quantitative estimate of drug-likeness (QED) is 0.149. The van der Waals surface area contributed by atoms with Crippen LogP contribution < -0.4 is 0 Å². The van der Waals surface area contributed by atoms with Gasteiger partial charge >= 0.3 is 0 Å². The number of nitrogens with zero attached hydrogens (tertiary/aromatic N) is 3. The number of aryl methyl sites for hydroxylation is 1. The van der Waals surface area contributed by atoms with E-state index in [1.807, 2.05) is 68.4 Å². The molecule has 0 fully saturated rings. The van der Waals surface area contributed by atoms with E-state index in [0.29, 0.717) is 5.56 Å². The maximum atomic E-state index is 8.78. The molecule has 0 unspecified atom stereocenters. The molecule has 9 aromatic rings. The number of para-hydroxylation sites is 3. The molecule has 0 N–H and O–H groups in total. The Labute approximate surface area is 342 Å². The molecule has 3 nitrogen and oxygen atoms in total. The molecule has 5 heteroatoms. The number of aromatic nitrogens is 3. The maximum absolute atomic E-state index is 8.78. The predicted octanol–water partition coefficient (Wildman–Crippen LogP) is 13.1. The second kappa shape index (κ2) is 16.7. The van der Waals surface area contributed by atoms with Gasteiger partial charge in [-0.25, -0.2) is 0 Å². The zero-order chi connectivity index (χ0) is 40.4. The first-order valence-corrected chi connectivity index (χ1v) is 18.4. The molecule has 267 valence electrons. The molecule has 0 aliphatic heterocycles. The third-order valence-corrected chi connectivity index (χ3v) is 9.81. The minimum absolute atomic E-state index is 0. The van der Waals surface area contributed by atoms with Crippen LogP contribution in [0.1, 0.15) is 31.8 Å². The summed E-state index contributed by atoms with van der Waals surface area (Å²) < 4.78 is 42.6. The van der Waals surface area contributed by atoms with Crippen LogP contribution >= 0.6 is 11.3 Å². The summed E-state index contributed by atoms with van der Waals surface area (Å²) in [7, 11) is 0. The second-order valence-corrected chi connectivity index (χ2v) is 13.8. The summed E-state index contributed by atoms with van der Waals surface area (Å²) in [6.45, 7) is 1.76. The van der Waals surface area contributed by atoms with Crippen LogP contribution in [0.4, 0.5) is 0 Å². The number of imidazole rings is 1. The van der Waals surface area contributed by atoms with E-state index in [2.05, 4.69) is 106 Å². The van der Waals surface area contributed by atoms with Gasteiger partial charge in [0.25, 0.3) is 0 Å². The Morgan fingerprint density at radius 2 is 1.46 bits per heavy atom. The average molecular weight is 899 g/mol. The molecular formula is C49H39IrN3S-2. The number of hydrogen-bond acceptors (Lipinski definition) is 3. The van der Waals surface area contributed by atoms with Crippen molar-refractivity contribution in [3.05, 3.63) is 186 Å². The van der Waals surface area contributed by atoms with Crippen molar-refractivity contribution in [1.29, 1.82) is 0 Å². The topological polar surface area (TPSA) is 30.7 Å². The van der Waals surface area contributed by atoms with Gasteiger partial charge in [-0.3, -0.25) is 16.3 Å². The van der Waals surface area contributed by atoms with Crippen molar-refractivity contribution >= 4 is 32.5 Å². The summed E-state index contributed by atoms with van der Waals surface area (Å²) in [6, 6.07) is 55.5. The van der Waals surface area contributed by atoms with Gasteiger partial charge in [-0.05, 0) is 53.7 Å². The Bertz CT molecular complexity index is 2760. The first-order valence-electron chi connectivity index (χ1n) is 20.1. The molecule has 0 saturated carbocycles. The van der Waals surface area contributed by atoms with Crippen LogP contribution in [0.25, 0.3) is 71.7 Å². The van der Waals surface area contributed by atoms with Gasteiger partial charge in [-0.2, -0.15) is 0 Å². The molecule has 0 aliphatic rings. The van der Waals surface area contributed by atoms with Crippen LogP contribution in [0, 0.1) is 24.2 Å². The molecule has 0 saturated heterocycles. The Hall–Kier alpha value is -5.45. The van der Waals surface area contributed by atoms with Gasteiger partial charge < -0.3 is 9.55 Å². The standard InChI is InChI=1S/C37H29N2S.C12H10N.Ir/c1-25(2)22-26-20-21-35-31(23-26)32(24-40-35)37-38-33-18-9-10-19-34(33)39(37)36-29(27-12-5-3-6-13-27)16-11-17-30(36)28-14-7-4-8-15-28;1-10-7-8-12(13-9-10)11-5-3-2-4-6-11;/h3-21,23,25H,22H2,1-2H3;2-5,7-9H,1H3;/q2*-1;/i22D2;1D3;. The first kappa shape index (κ1) is 31.0. The molecule has 1 radical (unpaired) electrons. The van der Waals surface area contributed by atoms with E-state index in [1.54, 1.807) is 29.5 Å². The largest absolute Gasteiger partial charge is 0.332 e. The molecular weight excluding hydrogens is 855 g/mol. The fraction of sp³-hybridized carbons (Fsp3) is 0.102. The molecule has 0 aliphatic carbocycles. The number of hydrogen-bond donors (Lipinski definition) is 0.